The zero-order valence-electron chi connectivity index (χ0n) is 14.2. The summed E-state index contributed by atoms with van der Waals surface area (Å²) in [4.78, 5) is 12.1. The van der Waals surface area contributed by atoms with Crippen molar-refractivity contribution in [3.63, 3.8) is 0 Å². The number of para-hydroxylation sites is 1. The Balaban J connectivity index is 1.89. The van der Waals surface area contributed by atoms with Crippen LogP contribution in [0, 0.1) is 6.92 Å². The molecular formula is C17H24N4OS. The van der Waals surface area contributed by atoms with E-state index in [1.165, 1.54) is 4.88 Å². The lowest BCUT2D eigenvalue weighted by Crippen LogP contribution is -2.39. The molecule has 23 heavy (non-hydrogen) atoms. The van der Waals surface area contributed by atoms with Crippen LogP contribution >= 0.6 is 11.3 Å². The van der Waals surface area contributed by atoms with Crippen LogP contribution < -0.4 is 10.1 Å². The molecule has 6 heteroatoms. The first-order chi connectivity index (χ1) is 11.1. The van der Waals surface area contributed by atoms with Gasteiger partial charge < -0.3 is 15.0 Å². The Bertz CT molecular complexity index is 654. The SMILES string of the molecule is CN=C(NCCc1ncc(C)s1)N(C)Cc1ccccc1OC. The highest BCUT2D eigenvalue weighted by molar-refractivity contribution is 7.11. The summed E-state index contributed by atoms with van der Waals surface area (Å²) in [5.74, 6) is 1.76. The van der Waals surface area contributed by atoms with Gasteiger partial charge in [-0.15, -0.1) is 11.3 Å². The Hall–Kier alpha value is -2.08. The molecule has 0 unspecified atom stereocenters. The summed E-state index contributed by atoms with van der Waals surface area (Å²) < 4.78 is 5.41. The van der Waals surface area contributed by atoms with Crippen LogP contribution in [0.25, 0.3) is 0 Å². The third kappa shape index (κ3) is 4.96. The van der Waals surface area contributed by atoms with Crippen molar-refractivity contribution in [3.05, 3.63) is 45.9 Å². The molecule has 1 heterocycles. The quantitative estimate of drug-likeness (QED) is 0.653. The van der Waals surface area contributed by atoms with Crippen LogP contribution in [-0.2, 0) is 13.0 Å². The van der Waals surface area contributed by atoms with Crippen LogP contribution in [0.1, 0.15) is 15.4 Å². The number of aliphatic imine (C=N–C) groups is 1. The number of nitrogens with zero attached hydrogens (tertiary/aromatic N) is 3. The molecule has 5 nitrogen and oxygen atoms in total. The molecule has 0 bridgehead atoms. The van der Waals surface area contributed by atoms with E-state index in [0.717, 1.165) is 41.8 Å². The van der Waals surface area contributed by atoms with Gasteiger partial charge in [0.15, 0.2) is 5.96 Å². The Labute approximate surface area is 142 Å². The van der Waals surface area contributed by atoms with Gasteiger partial charge >= 0.3 is 0 Å². The molecule has 0 spiro atoms. The largest absolute Gasteiger partial charge is 0.496 e. The lowest BCUT2D eigenvalue weighted by Gasteiger charge is -2.23. The standard InChI is InChI=1S/C17H24N4OS/c1-13-11-20-16(23-13)9-10-19-17(18-2)21(3)12-14-7-5-6-8-15(14)22-4/h5-8,11H,9-10,12H2,1-4H3,(H,18,19). The second-order valence-electron chi connectivity index (χ2n) is 5.26. The molecule has 0 aliphatic carbocycles. The van der Waals surface area contributed by atoms with E-state index in [-0.39, 0.29) is 0 Å². The molecule has 0 saturated heterocycles. The molecule has 1 aromatic heterocycles. The second kappa shape index (κ2) is 8.53. The molecule has 0 aliphatic rings. The van der Waals surface area contributed by atoms with Crippen molar-refractivity contribution >= 4 is 17.3 Å². The topological polar surface area (TPSA) is 49.8 Å². The highest BCUT2D eigenvalue weighted by Gasteiger charge is 2.09. The van der Waals surface area contributed by atoms with Gasteiger partial charge in [-0.3, -0.25) is 4.99 Å². The van der Waals surface area contributed by atoms with Crippen molar-refractivity contribution in [3.8, 4) is 5.75 Å². The predicted octanol–water partition coefficient (Wildman–Crippen LogP) is 2.71. The summed E-state index contributed by atoms with van der Waals surface area (Å²) in [7, 11) is 5.52. The van der Waals surface area contributed by atoms with E-state index in [9.17, 15) is 0 Å². The monoisotopic (exact) mass is 332 g/mol. The number of hydrogen-bond acceptors (Lipinski definition) is 4. The van der Waals surface area contributed by atoms with Crippen molar-refractivity contribution < 1.29 is 4.74 Å². The van der Waals surface area contributed by atoms with Gasteiger partial charge in [0.25, 0.3) is 0 Å². The van der Waals surface area contributed by atoms with Crippen molar-refractivity contribution in [2.75, 3.05) is 27.7 Å². The number of methoxy groups -OCH3 is 1. The predicted molar refractivity (Wildman–Crippen MR) is 96.4 cm³/mol. The zero-order valence-corrected chi connectivity index (χ0v) is 15.0. The molecule has 0 amide bonds. The van der Waals surface area contributed by atoms with Crippen LogP contribution in [0.5, 0.6) is 5.75 Å². The summed E-state index contributed by atoms with van der Waals surface area (Å²) in [5.41, 5.74) is 1.14. The van der Waals surface area contributed by atoms with E-state index in [1.807, 2.05) is 31.4 Å². The van der Waals surface area contributed by atoms with Gasteiger partial charge in [0.2, 0.25) is 0 Å². The molecule has 0 atom stereocenters. The minimum atomic E-state index is 0.736. The van der Waals surface area contributed by atoms with Gasteiger partial charge in [0.1, 0.15) is 5.75 Å². The second-order valence-corrected chi connectivity index (χ2v) is 6.58. The fraction of sp³-hybridized carbons (Fsp3) is 0.412. The highest BCUT2D eigenvalue weighted by atomic mass is 32.1. The smallest absolute Gasteiger partial charge is 0.193 e. The van der Waals surface area contributed by atoms with Crippen LogP contribution in [0.2, 0.25) is 0 Å². The number of hydrogen-bond donors (Lipinski definition) is 1. The average molecular weight is 332 g/mol. The third-order valence-corrected chi connectivity index (χ3v) is 4.44. The van der Waals surface area contributed by atoms with Crippen molar-refractivity contribution in [2.24, 2.45) is 4.99 Å². The Morgan fingerprint density at radius 2 is 2.17 bits per heavy atom. The Morgan fingerprint density at radius 1 is 1.39 bits per heavy atom. The average Bonchev–Trinajstić information content (AvgIpc) is 2.97. The fourth-order valence-electron chi connectivity index (χ4n) is 2.35. The number of ether oxygens (including phenoxy) is 1. The molecule has 2 rings (SSSR count). The first-order valence-electron chi connectivity index (χ1n) is 7.59. The maximum absolute atomic E-state index is 5.41. The van der Waals surface area contributed by atoms with Crippen LogP contribution in [0.15, 0.2) is 35.5 Å². The Kier molecular flexibility index (Phi) is 6.40. The first kappa shape index (κ1) is 17.3. The van der Waals surface area contributed by atoms with E-state index < -0.39 is 0 Å². The van der Waals surface area contributed by atoms with E-state index >= 15 is 0 Å². The maximum Gasteiger partial charge on any atom is 0.193 e. The van der Waals surface area contributed by atoms with Crippen LogP contribution in [0.3, 0.4) is 0 Å². The van der Waals surface area contributed by atoms with Gasteiger partial charge in [-0.25, -0.2) is 4.98 Å². The summed E-state index contributed by atoms with van der Waals surface area (Å²) in [6.45, 7) is 3.63. The minimum Gasteiger partial charge on any atom is -0.496 e. The summed E-state index contributed by atoms with van der Waals surface area (Å²) in [6.07, 6.45) is 2.82. The highest BCUT2D eigenvalue weighted by Crippen LogP contribution is 2.18. The summed E-state index contributed by atoms with van der Waals surface area (Å²) in [5, 5.41) is 4.54. The molecule has 0 saturated carbocycles. The molecular weight excluding hydrogens is 308 g/mol. The van der Waals surface area contributed by atoms with E-state index in [2.05, 4.69) is 33.2 Å². The zero-order chi connectivity index (χ0) is 16.7. The van der Waals surface area contributed by atoms with Crippen LogP contribution in [-0.4, -0.2) is 43.6 Å². The number of aryl methyl sites for hydroxylation is 1. The lowest BCUT2D eigenvalue weighted by molar-refractivity contribution is 0.396. The Morgan fingerprint density at radius 3 is 2.83 bits per heavy atom. The number of nitrogens with one attached hydrogen (secondary N) is 1. The first-order valence-corrected chi connectivity index (χ1v) is 8.40. The molecule has 2 aromatic rings. The van der Waals surface area contributed by atoms with E-state index in [4.69, 9.17) is 4.74 Å². The van der Waals surface area contributed by atoms with Crippen molar-refractivity contribution in [1.82, 2.24) is 15.2 Å². The van der Waals surface area contributed by atoms with Crippen LogP contribution in [0.4, 0.5) is 0 Å². The molecule has 0 fully saturated rings. The van der Waals surface area contributed by atoms with Gasteiger partial charge in [-0.1, -0.05) is 18.2 Å². The molecule has 0 aliphatic heterocycles. The molecule has 124 valence electrons. The number of benzene rings is 1. The summed E-state index contributed by atoms with van der Waals surface area (Å²) >= 11 is 1.74. The van der Waals surface area contributed by atoms with Gasteiger partial charge in [0.05, 0.1) is 12.1 Å². The molecule has 1 aromatic carbocycles. The van der Waals surface area contributed by atoms with E-state index in [0.29, 0.717) is 0 Å². The number of aromatic nitrogens is 1. The van der Waals surface area contributed by atoms with Gasteiger partial charge in [-0.2, -0.15) is 0 Å². The van der Waals surface area contributed by atoms with Gasteiger partial charge in [0, 0.05) is 50.2 Å². The normalized spacial score (nSPS) is 11.4. The van der Waals surface area contributed by atoms with Crippen molar-refractivity contribution in [2.45, 2.75) is 19.9 Å². The van der Waals surface area contributed by atoms with Gasteiger partial charge in [-0.05, 0) is 13.0 Å². The summed E-state index contributed by atoms with van der Waals surface area (Å²) in [6, 6.07) is 8.04. The van der Waals surface area contributed by atoms with Crippen molar-refractivity contribution in [1.29, 1.82) is 0 Å². The number of thiazole rings is 1. The number of guanidine groups is 1. The van der Waals surface area contributed by atoms with E-state index in [1.54, 1.807) is 25.5 Å². The molecule has 1 N–H and O–H groups in total. The lowest BCUT2D eigenvalue weighted by atomic mass is 10.2. The number of rotatable bonds is 6. The molecule has 0 radical (unpaired) electrons. The fourth-order valence-corrected chi connectivity index (χ4v) is 3.13. The third-order valence-electron chi connectivity index (χ3n) is 3.46. The minimum absolute atomic E-state index is 0.736. The maximum atomic E-state index is 5.41.